The highest BCUT2D eigenvalue weighted by atomic mass is 16.2. The van der Waals surface area contributed by atoms with Crippen LogP contribution in [0, 0.1) is 20.8 Å². The van der Waals surface area contributed by atoms with Gasteiger partial charge in [-0.05, 0) is 61.7 Å². The first kappa shape index (κ1) is 16.4. The molecule has 0 saturated heterocycles. The zero-order valence-electron chi connectivity index (χ0n) is 15.3. The molecule has 0 unspecified atom stereocenters. The van der Waals surface area contributed by atoms with Crippen molar-refractivity contribution < 1.29 is 4.79 Å². The number of hydrogen-bond donors (Lipinski definition) is 1. The summed E-state index contributed by atoms with van der Waals surface area (Å²) in [6.07, 6.45) is -0.220. The lowest BCUT2D eigenvalue weighted by atomic mass is 10.1. The Balaban J connectivity index is 1.81. The van der Waals surface area contributed by atoms with Crippen LogP contribution >= 0.6 is 0 Å². The van der Waals surface area contributed by atoms with Gasteiger partial charge in [0.2, 0.25) is 0 Å². The van der Waals surface area contributed by atoms with E-state index in [1.165, 1.54) is 11.1 Å². The van der Waals surface area contributed by atoms with Crippen molar-refractivity contribution in [3.05, 3.63) is 94.5 Å². The molecule has 3 aromatic carbocycles. The van der Waals surface area contributed by atoms with E-state index in [1.807, 2.05) is 60.4 Å². The lowest BCUT2D eigenvalue weighted by Crippen LogP contribution is -2.32. The van der Waals surface area contributed by atoms with Gasteiger partial charge in [-0.1, -0.05) is 42.5 Å². The average Bonchev–Trinajstić information content (AvgIpc) is 2.91. The van der Waals surface area contributed by atoms with E-state index >= 15 is 0 Å². The van der Waals surface area contributed by atoms with Crippen LogP contribution in [0.15, 0.2) is 66.7 Å². The molecule has 130 valence electrons. The van der Waals surface area contributed by atoms with Crippen LogP contribution in [0.3, 0.4) is 0 Å². The second-order valence-electron chi connectivity index (χ2n) is 6.89. The van der Waals surface area contributed by atoms with E-state index < -0.39 is 0 Å². The monoisotopic (exact) mass is 342 g/mol. The summed E-state index contributed by atoms with van der Waals surface area (Å²) in [6, 6.07) is 22.2. The quantitative estimate of drug-likeness (QED) is 0.693. The highest BCUT2D eigenvalue weighted by molar-refractivity contribution is 6.11. The number of carbonyl (C=O) groups excluding carboxylic acids is 1. The Kier molecular flexibility index (Phi) is 4.00. The van der Waals surface area contributed by atoms with Crippen molar-refractivity contribution in [3.63, 3.8) is 0 Å². The third kappa shape index (κ3) is 2.66. The maximum absolute atomic E-state index is 13.2. The molecule has 1 amide bonds. The molecular weight excluding hydrogens is 320 g/mol. The van der Waals surface area contributed by atoms with E-state index in [9.17, 15) is 4.79 Å². The van der Waals surface area contributed by atoms with Crippen LogP contribution in [-0.2, 0) is 0 Å². The molecule has 0 radical (unpaired) electrons. The van der Waals surface area contributed by atoms with Gasteiger partial charge in [-0.25, -0.2) is 0 Å². The number of hydrogen-bond acceptors (Lipinski definition) is 2. The third-order valence-corrected chi connectivity index (χ3v) is 5.15. The van der Waals surface area contributed by atoms with Gasteiger partial charge in [-0.3, -0.25) is 9.69 Å². The molecule has 1 N–H and O–H groups in total. The van der Waals surface area contributed by atoms with Crippen LogP contribution in [-0.4, -0.2) is 5.91 Å². The molecule has 1 atom stereocenters. The van der Waals surface area contributed by atoms with Gasteiger partial charge >= 0.3 is 0 Å². The first-order valence-corrected chi connectivity index (χ1v) is 8.88. The number of nitrogens with zero attached hydrogens (tertiary/aromatic N) is 1. The van der Waals surface area contributed by atoms with Crippen LogP contribution < -0.4 is 10.2 Å². The smallest absolute Gasteiger partial charge is 0.260 e. The second kappa shape index (κ2) is 6.34. The van der Waals surface area contributed by atoms with Crippen molar-refractivity contribution in [2.45, 2.75) is 26.9 Å². The van der Waals surface area contributed by atoms with Gasteiger partial charge in [0.05, 0.1) is 0 Å². The van der Waals surface area contributed by atoms with Crippen molar-refractivity contribution in [3.8, 4) is 0 Å². The van der Waals surface area contributed by atoms with E-state index in [2.05, 4.69) is 37.4 Å². The molecule has 0 fully saturated rings. The molecule has 1 heterocycles. The van der Waals surface area contributed by atoms with E-state index in [0.717, 1.165) is 28.1 Å². The highest BCUT2D eigenvalue weighted by Crippen LogP contribution is 2.39. The SMILES string of the molecule is Cc1ccc(N[C@H]2c3ccccc3C(=O)N2c2ccccc2C)cc1C. The Labute approximate surface area is 154 Å². The maximum Gasteiger partial charge on any atom is 0.260 e. The Hall–Kier alpha value is -3.07. The predicted octanol–water partition coefficient (Wildman–Crippen LogP) is 5.38. The molecule has 1 aliphatic rings. The van der Waals surface area contributed by atoms with Crippen molar-refractivity contribution in [1.29, 1.82) is 0 Å². The predicted molar refractivity (Wildman–Crippen MR) is 107 cm³/mol. The Morgan fingerprint density at radius 3 is 2.31 bits per heavy atom. The summed E-state index contributed by atoms with van der Waals surface area (Å²) in [6.45, 7) is 6.25. The third-order valence-electron chi connectivity index (χ3n) is 5.15. The summed E-state index contributed by atoms with van der Waals surface area (Å²) in [4.78, 5) is 15.0. The molecule has 4 rings (SSSR count). The molecule has 0 saturated carbocycles. The standard InChI is InChI=1S/C23H22N2O/c1-15-12-13-18(14-17(15)3)24-22-19-9-5-6-10-20(19)23(26)25(22)21-11-7-4-8-16(21)2/h4-14,22,24H,1-3H3/t22-/m1/s1. The molecule has 0 aliphatic carbocycles. The van der Waals surface area contributed by atoms with Crippen LogP contribution in [0.25, 0.3) is 0 Å². The summed E-state index contributed by atoms with van der Waals surface area (Å²) in [5.41, 5.74) is 7.30. The van der Waals surface area contributed by atoms with Gasteiger partial charge in [0, 0.05) is 22.5 Å². The van der Waals surface area contributed by atoms with Crippen LogP contribution in [0.2, 0.25) is 0 Å². The summed E-state index contributed by atoms with van der Waals surface area (Å²) < 4.78 is 0. The number of rotatable bonds is 3. The minimum Gasteiger partial charge on any atom is -0.361 e. The largest absolute Gasteiger partial charge is 0.361 e. The molecule has 3 aromatic rings. The first-order valence-electron chi connectivity index (χ1n) is 8.88. The van der Waals surface area contributed by atoms with E-state index in [1.54, 1.807) is 0 Å². The molecule has 3 nitrogen and oxygen atoms in total. The van der Waals surface area contributed by atoms with Crippen LogP contribution in [0.4, 0.5) is 11.4 Å². The van der Waals surface area contributed by atoms with Crippen LogP contribution in [0.1, 0.15) is 38.8 Å². The summed E-state index contributed by atoms with van der Waals surface area (Å²) in [7, 11) is 0. The van der Waals surface area contributed by atoms with Crippen molar-refractivity contribution >= 4 is 17.3 Å². The molecule has 3 heteroatoms. The molecule has 0 spiro atoms. The average molecular weight is 342 g/mol. The highest BCUT2D eigenvalue weighted by Gasteiger charge is 2.38. The fourth-order valence-electron chi connectivity index (χ4n) is 3.53. The van der Waals surface area contributed by atoms with Gasteiger partial charge in [0.15, 0.2) is 0 Å². The minimum atomic E-state index is -0.220. The molecule has 26 heavy (non-hydrogen) atoms. The fraction of sp³-hybridized carbons (Fsp3) is 0.174. The number of nitrogens with one attached hydrogen (secondary N) is 1. The van der Waals surface area contributed by atoms with Gasteiger partial charge in [-0.2, -0.15) is 0 Å². The fourth-order valence-corrected chi connectivity index (χ4v) is 3.53. The Morgan fingerprint density at radius 2 is 1.54 bits per heavy atom. The van der Waals surface area contributed by atoms with Crippen molar-refractivity contribution in [1.82, 2.24) is 0 Å². The maximum atomic E-state index is 13.2. The number of benzene rings is 3. The second-order valence-corrected chi connectivity index (χ2v) is 6.89. The molecular formula is C23H22N2O. The topological polar surface area (TPSA) is 32.3 Å². The Morgan fingerprint density at radius 1 is 0.808 bits per heavy atom. The number of carbonyl (C=O) groups is 1. The van der Waals surface area contributed by atoms with Gasteiger partial charge in [0.25, 0.3) is 5.91 Å². The number of aryl methyl sites for hydroxylation is 3. The normalized spacial score (nSPS) is 15.9. The lowest BCUT2D eigenvalue weighted by Gasteiger charge is -2.28. The van der Waals surface area contributed by atoms with E-state index in [4.69, 9.17) is 0 Å². The molecule has 1 aliphatic heterocycles. The van der Waals surface area contributed by atoms with Crippen molar-refractivity contribution in [2.75, 3.05) is 10.2 Å². The van der Waals surface area contributed by atoms with Gasteiger partial charge in [0.1, 0.15) is 6.17 Å². The van der Waals surface area contributed by atoms with Gasteiger partial charge in [-0.15, -0.1) is 0 Å². The lowest BCUT2D eigenvalue weighted by molar-refractivity contribution is 0.0993. The minimum absolute atomic E-state index is 0.0382. The number of amides is 1. The van der Waals surface area contributed by atoms with Crippen molar-refractivity contribution in [2.24, 2.45) is 0 Å². The number of fused-ring (bicyclic) bond motifs is 1. The van der Waals surface area contributed by atoms with Crippen LogP contribution in [0.5, 0.6) is 0 Å². The number of para-hydroxylation sites is 1. The number of anilines is 2. The summed E-state index contributed by atoms with van der Waals surface area (Å²) in [5.74, 6) is 0.0382. The van der Waals surface area contributed by atoms with E-state index in [-0.39, 0.29) is 12.1 Å². The zero-order valence-corrected chi connectivity index (χ0v) is 15.3. The zero-order chi connectivity index (χ0) is 18.3. The van der Waals surface area contributed by atoms with E-state index in [0.29, 0.717) is 0 Å². The summed E-state index contributed by atoms with van der Waals surface area (Å²) >= 11 is 0. The molecule has 0 aromatic heterocycles. The Bertz CT molecular complexity index is 993. The molecule has 0 bridgehead atoms. The first-order chi connectivity index (χ1) is 12.6. The summed E-state index contributed by atoms with van der Waals surface area (Å²) in [5, 5.41) is 3.58. The van der Waals surface area contributed by atoms with Gasteiger partial charge < -0.3 is 5.32 Å².